The predicted octanol–water partition coefficient (Wildman–Crippen LogP) is 3.66. The van der Waals surface area contributed by atoms with Gasteiger partial charge in [-0.1, -0.05) is 19.1 Å². The van der Waals surface area contributed by atoms with Gasteiger partial charge in [-0.05, 0) is 49.2 Å². The predicted molar refractivity (Wildman–Crippen MR) is 105 cm³/mol. The number of rotatable bonds is 7. The molecule has 2 aromatic carbocycles. The summed E-state index contributed by atoms with van der Waals surface area (Å²) in [7, 11) is 1.55. The van der Waals surface area contributed by atoms with E-state index < -0.39 is 6.04 Å². The van der Waals surface area contributed by atoms with Crippen molar-refractivity contribution in [3.63, 3.8) is 0 Å². The van der Waals surface area contributed by atoms with Crippen molar-refractivity contribution < 1.29 is 14.3 Å². The number of aryl methyl sites for hydroxylation is 1. The maximum absolute atomic E-state index is 12.4. The number of hydrogen-bond acceptors (Lipinski definition) is 4. The Labute approximate surface area is 153 Å². The minimum atomic E-state index is -0.498. The number of amides is 2. The molecule has 0 fully saturated rings. The molecule has 1 unspecified atom stereocenters. The van der Waals surface area contributed by atoms with Crippen molar-refractivity contribution in [2.75, 3.05) is 23.1 Å². The summed E-state index contributed by atoms with van der Waals surface area (Å²) in [5, 5.41) is 8.73. The Morgan fingerprint density at radius 3 is 2.27 bits per heavy atom. The largest absolute Gasteiger partial charge is 0.495 e. The minimum Gasteiger partial charge on any atom is -0.495 e. The zero-order valence-electron chi connectivity index (χ0n) is 15.6. The maximum atomic E-state index is 12.4. The number of benzene rings is 2. The van der Waals surface area contributed by atoms with Crippen LogP contribution in [0.15, 0.2) is 42.5 Å². The van der Waals surface area contributed by atoms with Crippen molar-refractivity contribution >= 4 is 28.9 Å². The Bertz CT molecular complexity index is 772. The third-order valence-corrected chi connectivity index (χ3v) is 3.91. The summed E-state index contributed by atoms with van der Waals surface area (Å²) in [6.45, 7) is 5.29. The highest BCUT2D eigenvalue weighted by Crippen LogP contribution is 2.28. The molecule has 0 saturated carbocycles. The van der Waals surface area contributed by atoms with Crippen molar-refractivity contribution in [3.8, 4) is 5.75 Å². The molecular formula is C20H25N3O3. The van der Waals surface area contributed by atoms with E-state index in [4.69, 9.17) is 4.74 Å². The van der Waals surface area contributed by atoms with Crippen LogP contribution in [0.2, 0.25) is 0 Å². The van der Waals surface area contributed by atoms with Crippen LogP contribution in [0.5, 0.6) is 5.75 Å². The van der Waals surface area contributed by atoms with E-state index in [1.807, 2.05) is 24.3 Å². The first kappa shape index (κ1) is 19.3. The van der Waals surface area contributed by atoms with Crippen LogP contribution in [-0.4, -0.2) is 25.0 Å². The average molecular weight is 355 g/mol. The molecule has 3 N–H and O–H groups in total. The monoisotopic (exact) mass is 355 g/mol. The summed E-state index contributed by atoms with van der Waals surface area (Å²) in [6.07, 6.45) is 0.955. The Balaban J connectivity index is 2.08. The van der Waals surface area contributed by atoms with Gasteiger partial charge in [0.15, 0.2) is 0 Å². The molecule has 2 aromatic rings. The van der Waals surface area contributed by atoms with E-state index in [-0.39, 0.29) is 11.8 Å². The highest BCUT2D eigenvalue weighted by atomic mass is 16.5. The fourth-order valence-electron chi connectivity index (χ4n) is 2.47. The highest BCUT2D eigenvalue weighted by molar-refractivity contribution is 5.96. The maximum Gasteiger partial charge on any atom is 0.246 e. The number of ether oxygens (including phenoxy) is 1. The fraction of sp³-hybridized carbons (Fsp3) is 0.300. The van der Waals surface area contributed by atoms with Crippen LogP contribution in [0.4, 0.5) is 17.1 Å². The third-order valence-electron chi connectivity index (χ3n) is 3.91. The molecule has 6 heteroatoms. The fourth-order valence-corrected chi connectivity index (χ4v) is 2.47. The topological polar surface area (TPSA) is 79.5 Å². The van der Waals surface area contributed by atoms with E-state index in [2.05, 4.69) is 22.9 Å². The molecule has 0 aliphatic heterocycles. The van der Waals surface area contributed by atoms with Crippen molar-refractivity contribution in [3.05, 3.63) is 48.0 Å². The molecule has 2 rings (SSSR count). The normalized spacial score (nSPS) is 11.4. The molecule has 0 aromatic heterocycles. The first-order valence-corrected chi connectivity index (χ1v) is 8.55. The van der Waals surface area contributed by atoms with Crippen molar-refractivity contribution in [2.45, 2.75) is 33.2 Å². The summed E-state index contributed by atoms with van der Waals surface area (Å²) >= 11 is 0. The van der Waals surface area contributed by atoms with Crippen molar-refractivity contribution in [1.29, 1.82) is 0 Å². The minimum absolute atomic E-state index is 0.164. The van der Waals surface area contributed by atoms with Crippen molar-refractivity contribution in [2.24, 2.45) is 0 Å². The molecule has 6 nitrogen and oxygen atoms in total. The van der Waals surface area contributed by atoms with Gasteiger partial charge in [-0.3, -0.25) is 9.59 Å². The van der Waals surface area contributed by atoms with Gasteiger partial charge >= 0.3 is 0 Å². The van der Waals surface area contributed by atoms with E-state index >= 15 is 0 Å². The molecule has 0 radical (unpaired) electrons. The zero-order valence-corrected chi connectivity index (χ0v) is 15.6. The smallest absolute Gasteiger partial charge is 0.246 e. The van der Waals surface area contributed by atoms with Crippen LogP contribution in [0.25, 0.3) is 0 Å². The van der Waals surface area contributed by atoms with Crippen LogP contribution in [0, 0.1) is 0 Å². The highest BCUT2D eigenvalue weighted by Gasteiger charge is 2.15. The molecule has 1 atom stereocenters. The van der Waals surface area contributed by atoms with Crippen LogP contribution >= 0.6 is 0 Å². The molecule has 2 amide bonds. The molecule has 0 bridgehead atoms. The quantitative estimate of drug-likeness (QED) is 0.708. The molecule has 138 valence electrons. The molecular weight excluding hydrogens is 330 g/mol. The average Bonchev–Trinajstić information content (AvgIpc) is 2.62. The van der Waals surface area contributed by atoms with Gasteiger partial charge in [0.1, 0.15) is 11.8 Å². The van der Waals surface area contributed by atoms with Gasteiger partial charge in [0.2, 0.25) is 11.8 Å². The molecule has 26 heavy (non-hydrogen) atoms. The van der Waals surface area contributed by atoms with E-state index in [1.165, 1.54) is 12.5 Å². The molecule has 0 aliphatic carbocycles. The summed E-state index contributed by atoms with van der Waals surface area (Å²) in [5.41, 5.74) is 3.22. The second-order valence-corrected chi connectivity index (χ2v) is 6.00. The van der Waals surface area contributed by atoms with Gasteiger partial charge in [0.25, 0.3) is 0 Å². The van der Waals surface area contributed by atoms with Gasteiger partial charge in [-0.2, -0.15) is 0 Å². The SMILES string of the molecule is CCc1ccc(NC(=O)C(C)Nc2cc(NC(C)=O)ccc2OC)cc1. The summed E-state index contributed by atoms with van der Waals surface area (Å²) in [5.74, 6) is 0.259. The summed E-state index contributed by atoms with van der Waals surface area (Å²) in [4.78, 5) is 23.7. The molecule has 0 heterocycles. The number of hydrogen-bond donors (Lipinski definition) is 3. The standard InChI is InChI=1S/C20H25N3O3/c1-5-15-6-8-16(9-7-15)23-20(25)13(2)21-18-12-17(22-14(3)24)10-11-19(18)26-4/h6-13,21H,5H2,1-4H3,(H,22,24)(H,23,25). The number of methoxy groups -OCH3 is 1. The lowest BCUT2D eigenvalue weighted by molar-refractivity contribution is -0.116. The van der Waals surface area contributed by atoms with Crippen LogP contribution < -0.4 is 20.7 Å². The Morgan fingerprint density at radius 2 is 1.69 bits per heavy atom. The summed E-state index contributed by atoms with van der Waals surface area (Å²) < 4.78 is 5.32. The summed E-state index contributed by atoms with van der Waals surface area (Å²) in [6, 6.07) is 12.5. The van der Waals surface area contributed by atoms with Gasteiger partial charge in [-0.25, -0.2) is 0 Å². The lowest BCUT2D eigenvalue weighted by atomic mass is 10.1. The Kier molecular flexibility index (Phi) is 6.60. The van der Waals surface area contributed by atoms with E-state index in [1.54, 1.807) is 32.2 Å². The molecule has 0 aliphatic rings. The van der Waals surface area contributed by atoms with Gasteiger partial charge in [-0.15, -0.1) is 0 Å². The molecule has 0 saturated heterocycles. The van der Waals surface area contributed by atoms with Crippen LogP contribution in [-0.2, 0) is 16.0 Å². The zero-order chi connectivity index (χ0) is 19.1. The van der Waals surface area contributed by atoms with E-state index in [9.17, 15) is 9.59 Å². The van der Waals surface area contributed by atoms with Gasteiger partial charge in [0.05, 0.1) is 12.8 Å². The molecule has 0 spiro atoms. The Hall–Kier alpha value is -3.02. The number of carbonyl (C=O) groups excluding carboxylic acids is 2. The second-order valence-electron chi connectivity index (χ2n) is 6.00. The second kappa shape index (κ2) is 8.89. The number of anilines is 3. The van der Waals surface area contributed by atoms with Crippen LogP contribution in [0.3, 0.4) is 0 Å². The number of carbonyl (C=O) groups is 2. The van der Waals surface area contributed by atoms with Crippen molar-refractivity contribution in [1.82, 2.24) is 0 Å². The Morgan fingerprint density at radius 1 is 1.04 bits per heavy atom. The van der Waals surface area contributed by atoms with E-state index in [0.717, 1.165) is 12.1 Å². The van der Waals surface area contributed by atoms with E-state index in [0.29, 0.717) is 17.1 Å². The third kappa shape index (κ3) is 5.24. The number of nitrogens with one attached hydrogen (secondary N) is 3. The lowest BCUT2D eigenvalue weighted by Gasteiger charge is -2.18. The lowest BCUT2D eigenvalue weighted by Crippen LogP contribution is -2.32. The first-order valence-electron chi connectivity index (χ1n) is 8.55. The van der Waals surface area contributed by atoms with Gasteiger partial charge in [0, 0.05) is 18.3 Å². The first-order chi connectivity index (χ1) is 12.4. The van der Waals surface area contributed by atoms with Gasteiger partial charge < -0.3 is 20.7 Å². The van der Waals surface area contributed by atoms with Crippen LogP contribution in [0.1, 0.15) is 26.3 Å².